The number of hydrogen-bond acceptors (Lipinski definition) is 2. The van der Waals surface area contributed by atoms with Crippen molar-refractivity contribution in [3.8, 4) is 0 Å². The SMILES string of the molecule is C.CC(C)(C)N1CCCC1=O.CC(C)(C)N1CCCC1=O. The molecule has 2 heterocycles. The van der Waals surface area contributed by atoms with Crippen molar-refractivity contribution in [3.05, 3.63) is 0 Å². The number of likely N-dealkylation sites (tertiary alicyclic amines) is 2. The first-order valence-electron chi connectivity index (χ1n) is 7.64. The summed E-state index contributed by atoms with van der Waals surface area (Å²) in [6.45, 7) is 14.4. The van der Waals surface area contributed by atoms with Crippen molar-refractivity contribution in [2.24, 2.45) is 0 Å². The maximum atomic E-state index is 11.1. The molecular weight excluding hydrogens is 264 g/mol. The van der Waals surface area contributed by atoms with Crippen molar-refractivity contribution in [2.45, 2.75) is 85.7 Å². The van der Waals surface area contributed by atoms with Crippen LogP contribution in [-0.4, -0.2) is 45.8 Å². The lowest BCUT2D eigenvalue weighted by Crippen LogP contribution is -2.41. The zero-order valence-corrected chi connectivity index (χ0v) is 14.0. The van der Waals surface area contributed by atoms with Crippen LogP contribution in [0.2, 0.25) is 0 Å². The molecule has 4 nitrogen and oxygen atoms in total. The molecule has 2 saturated heterocycles. The predicted octanol–water partition coefficient (Wildman–Crippen LogP) is 3.45. The first kappa shape index (κ1) is 19.9. The molecule has 2 amide bonds. The van der Waals surface area contributed by atoms with Crippen LogP contribution in [-0.2, 0) is 9.59 Å². The van der Waals surface area contributed by atoms with Crippen molar-refractivity contribution in [3.63, 3.8) is 0 Å². The number of hydrogen-bond donors (Lipinski definition) is 0. The van der Waals surface area contributed by atoms with Crippen LogP contribution >= 0.6 is 0 Å². The second-order valence-corrected chi connectivity index (χ2v) is 7.64. The molecule has 0 N–H and O–H groups in total. The number of carbonyl (C=O) groups excluding carboxylic acids is 2. The van der Waals surface area contributed by atoms with E-state index in [1.807, 2.05) is 9.80 Å². The van der Waals surface area contributed by atoms with Crippen molar-refractivity contribution in [1.82, 2.24) is 9.80 Å². The van der Waals surface area contributed by atoms with E-state index in [1.165, 1.54) is 0 Å². The van der Waals surface area contributed by atoms with Crippen LogP contribution in [0, 0.1) is 0 Å². The molecule has 0 spiro atoms. The lowest BCUT2D eigenvalue weighted by atomic mass is 10.1. The van der Waals surface area contributed by atoms with Gasteiger partial charge in [-0.2, -0.15) is 0 Å². The Kier molecular flexibility index (Phi) is 6.91. The summed E-state index contributed by atoms with van der Waals surface area (Å²) in [5, 5.41) is 0. The third kappa shape index (κ3) is 5.68. The molecule has 0 saturated carbocycles. The third-order valence-corrected chi connectivity index (χ3v) is 3.77. The Morgan fingerprint density at radius 1 is 0.714 bits per heavy atom. The van der Waals surface area contributed by atoms with Crippen molar-refractivity contribution in [1.29, 1.82) is 0 Å². The van der Waals surface area contributed by atoms with Crippen LogP contribution in [0.1, 0.15) is 74.7 Å². The van der Waals surface area contributed by atoms with Crippen molar-refractivity contribution < 1.29 is 9.59 Å². The van der Waals surface area contributed by atoms with Gasteiger partial charge in [0.15, 0.2) is 0 Å². The molecule has 21 heavy (non-hydrogen) atoms. The molecule has 0 radical (unpaired) electrons. The first-order valence-corrected chi connectivity index (χ1v) is 7.64. The van der Waals surface area contributed by atoms with Crippen molar-refractivity contribution >= 4 is 11.8 Å². The van der Waals surface area contributed by atoms with E-state index in [0.717, 1.165) is 38.8 Å². The van der Waals surface area contributed by atoms with E-state index in [-0.39, 0.29) is 18.5 Å². The number of nitrogens with zero attached hydrogens (tertiary/aromatic N) is 2. The summed E-state index contributed by atoms with van der Waals surface area (Å²) in [6.07, 6.45) is 3.57. The summed E-state index contributed by atoms with van der Waals surface area (Å²) in [4.78, 5) is 26.2. The molecule has 0 bridgehead atoms. The molecule has 4 heteroatoms. The summed E-state index contributed by atoms with van der Waals surface area (Å²) in [5.41, 5.74) is 0.0706. The zero-order chi connectivity index (χ0) is 15.6. The van der Waals surface area contributed by atoms with Crippen LogP contribution < -0.4 is 0 Å². The lowest BCUT2D eigenvalue weighted by Gasteiger charge is -2.31. The lowest BCUT2D eigenvalue weighted by molar-refractivity contribution is -0.132. The van der Waals surface area contributed by atoms with Gasteiger partial charge < -0.3 is 9.80 Å². The molecule has 2 rings (SSSR count). The van der Waals surface area contributed by atoms with Gasteiger partial charge in [-0.25, -0.2) is 0 Å². The molecule has 0 unspecified atom stereocenters. The largest absolute Gasteiger partial charge is 0.338 e. The van der Waals surface area contributed by atoms with E-state index in [2.05, 4.69) is 41.5 Å². The Morgan fingerprint density at radius 2 is 1.00 bits per heavy atom. The fourth-order valence-electron chi connectivity index (χ4n) is 2.72. The average molecular weight is 298 g/mol. The molecule has 0 aromatic rings. The molecule has 2 aliphatic rings. The second-order valence-electron chi connectivity index (χ2n) is 7.64. The van der Waals surface area contributed by atoms with Crippen LogP contribution in [0.4, 0.5) is 0 Å². The molecule has 0 aliphatic carbocycles. The summed E-state index contributed by atoms with van der Waals surface area (Å²) >= 11 is 0. The molecule has 124 valence electrons. The predicted molar refractivity (Wildman–Crippen MR) is 88.1 cm³/mol. The normalized spacial score (nSPS) is 19.3. The second kappa shape index (κ2) is 7.28. The van der Waals surface area contributed by atoms with Crippen LogP contribution in [0.25, 0.3) is 0 Å². The Morgan fingerprint density at radius 3 is 1.10 bits per heavy atom. The van der Waals surface area contributed by atoms with E-state index in [1.54, 1.807) is 0 Å². The van der Waals surface area contributed by atoms with Gasteiger partial charge in [-0.3, -0.25) is 9.59 Å². The molecule has 2 fully saturated rings. The van der Waals surface area contributed by atoms with E-state index in [0.29, 0.717) is 11.8 Å². The van der Waals surface area contributed by atoms with Crippen LogP contribution in [0.5, 0.6) is 0 Å². The standard InChI is InChI=1S/2C8H15NO.CH4/c2*1-8(2,3)9-6-4-5-7(9)10;/h2*4-6H2,1-3H3;1H4. The first-order chi connectivity index (χ1) is 9.03. The number of rotatable bonds is 0. The molecular formula is C17H34N2O2. The topological polar surface area (TPSA) is 40.6 Å². The Labute approximate surface area is 130 Å². The Bertz CT molecular complexity index is 328. The highest BCUT2D eigenvalue weighted by Crippen LogP contribution is 2.21. The van der Waals surface area contributed by atoms with Gasteiger partial charge in [-0.05, 0) is 54.4 Å². The van der Waals surface area contributed by atoms with Gasteiger partial charge >= 0.3 is 0 Å². The molecule has 2 aliphatic heterocycles. The van der Waals surface area contributed by atoms with Gasteiger partial charge in [0.05, 0.1) is 0 Å². The molecule has 0 atom stereocenters. The van der Waals surface area contributed by atoms with Gasteiger partial charge in [0.2, 0.25) is 11.8 Å². The maximum Gasteiger partial charge on any atom is 0.223 e. The highest BCUT2D eigenvalue weighted by Gasteiger charge is 2.30. The fraction of sp³-hybridized carbons (Fsp3) is 0.882. The summed E-state index contributed by atoms with van der Waals surface area (Å²) in [7, 11) is 0. The average Bonchev–Trinajstić information content (AvgIpc) is 2.85. The van der Waals surface area contributed by atoms with Crippen LogP contribution in [0.15, 0.2) is 0 Å². The van der Waals surface area contributed by atoms with E-state index in [4.69, 9.17) is 0 Å². The van der Waals surface area contributed by atoms with Crippen molar-refractivity contribution in [2.75, 3.05) is 13.1 Å². The minimum Gasteiger partial charge on any atom is -0.338 e. The Hall–Kier alpha value is -1.06. The van der Waals surface area contributed by atoms with E-state index < -0.39 is 0 Å². The third-order valence-electron chi connectivity index (χ3n) is 3.77. The zero-order valence-electron chi connectivity index (χ0n) is 14.0. The van der Waals surface area contributed by atoms with Gasteiger partial charge in [0, 0.05) is 37.0 Å². The van der Waals surface area contributed by atoms with E-state index >= 15 is 0 Å². The summed E-state index contributed by atoms with van der Waals surface area (Å²) in [6, 6.07) is 0. The Balaban J connectivity index is 0.000000364. The quantitative estimate of drug-likeness (QED) is 0.687. The van der Waals surface area contributed by atoms with Crippen LogP contribution in [0.3, 0.4) is 0 Å². The van der Waals surface area contributed by atoms with Gasteiger partial charge in [-0.15, -0.1) is 0 Å². The van der Waals surface area contributed by atoms with Gasteiger partial charge in [-0.1, -0.05) is 7.43 Å². The minimum atomic E-state index is 0. The fourth-order valence-corrected chi connectivity index (χ4v) is 2.72. The number of amides is 2. The highest BCUT2D eigenvalue weighted by atomic mass is 16.2. The molecule has 0 aromatic carbocycles. The molecule has 0 aromatic heterocycles. The monoisotopic (exact) mass is 298 g/mol. The van der Waals surface area contributed by atoms with E-state index in [9.17, 15) is 9.59 Å². The maximum absolute atomic E-state index is 11.1. The smallest absolute Gasteiger partial charge is 0.223 e. The van der Waals surface area contributed by atoms with Gasteiger partial charge in [0.1, 0.15) is 0 Å². The summed E-state index contributed by atoms with van der Waals surface area (Å²) < 4.78 is 0. The minimum absolute atomic E-state index is 0. The highest BCUT2D eigenvalue weighted by molar-refractivity contribution is 5.79. The summed E-state index contributed by atoms with van der Waals surface area (Å²) in [5.74, 6) is 0.625. The van der Waals surface area contributed by atoms with Gasteiger partial charge in [0.25, 0.3) is 0 Å². The number of carbonyl (C=O) groups is 2.